The monoisotopic (exact) mass is 194 g/mol. The Morgan fingerprint density at radius 1 is 1.50 bits per heavy atom. The summed E-state index contributed by atoms with van der Waals surface area (Å²) >= 11 is 0. The average Bonchev–Trinajstić information content (AvgIpc) is 2.23. The van der Waals surface area contributed by atoms with Crippen LogP contribution in [0.15, 0.2) is 0 Å². The summed E-state index contributed by atoms with van der Waals surface area (Å²) in [6.45, 7) is 1.95. The highest BCUT2D eigenvalue weighted by molar-refractivity contribution is 5.66. The summed E-state index contributed by atoms with van der Waals surface area (Å²) in [5.41, 5.74) is 7.74. The lowest BCUT2D eigenvalue weighted by Crippen LogP contribution is -2.38. The van der Waals surface area contributed by atoms with E-state index in [9.17, 15) is 0 Å². The molecule has 1 aromatic rings. The Morgan fingerprint density at radius 3 is 2.50 bits per heavy atom. The largest absolute Gasteiger partial charge is 0.394 e. The Kier molecular flexibility index (Phi) is 2.13. The Balaban J connectivity index is 2.29. The van der Waals surface area contributed by atoms with Gasteiger partial charge < -0.3 is 10.6 Å². The molecule has 0 radical (unpaired) electrons. The maximum Gasteiger partial charge on any atom is 0.150 e. The van der Waals surface area contributed by atoms with Crippen molar-refractivity contribution < 1.29 is 0 Å². The molecule has 1 heterocycles. The molecule has 78 valence electrons. The molecule has 0 amide bonds. The minimum absolute atomic E-state index is 0.659. The van der Waals surface area contributed by atoms with Crippen molar-refractivity contribution in [2.24, 2.45) is 7.05 Å². The fraction of sp³-hybridized carbons (Fsp3) is 0.700. The van der Waals surface area contributed by atoms with Crippen LogP contribution in [0.5, 0.6) is 0 Å². The lowest BCUT2D eigenvalue weighted by atomic mass is 9.92. The summed E-state index contributed by atoms with van der Waals surface area (Å²) in [4.78, 5) is 2.26. The molecule has 1 aliphatic rings. The van der Waals surface area contributed by atoms with E-state index < -0.39 is 0 Å². The number of aryl methyl sites for hydroxylation is 2. The minimum atomic E-state index is 0.659. The molecule has 2 N–H and O–H groups in total. The van der Waals surface area contributed by atoms with Crippen LogP contribution in [0.4, 0.5) is 11.5 Å². The zero-order valence-corrected chi connectivity index (χ0v) is 9.12. The summed E-state index contributed by atoms with van der Waals surface area (Å²) in [5, 5.41) is 4.32. The SMILES string of the molecule is Cc1nn(C)c(N(C)C2CCC2)c1N. The van der Waals surface area contributed by atoms with Crippen LogP contribution >= 0.6 is 0 Å². The topological polar surface area (TPSA) is 47.1 Å². The number of nitrogen functional groups attached to an aromatic ring is 1. The van der Waals surface area contributed by atoms with Crippen LogP contribution in [-0.2, 0) is 7.05 Å². The molecule has 0 aliphatic heterocycles. The van der Waals surface area contributed by atoms with Gasteiger partial charge in [-0.25, -0.2) is 0 Å². The lowest BCUT2D eigenvalue weighted by Gasteiger charge is -2.36. The van der Waals surface area contributed by atoms with Crippen molar-refractivity contribution in [3.8, 4) is 0 Å². The van der Waals surface area contributed by atoms with Gasteiger partial charge in [0.05, 0.1) is 11.4 Å². The van der Waals surface area contributed by atoms with E-state index in [1.54, 1.807) is 0 Å². The van der Waals surface area contributed by atoms with Crippen LogP contribution in [0.3, 0.4) is 0 Å². The normalized spacial score (nSPS) is 16.8. The first-order valence-electron chi connectivity index (χ1n) is 5.13. The number of anilines is 2. The van der Waals surface area contributed by atoms with Gasteiger partial charge in [-0.15, -0.1) is 0 Å². The van der Waals surface area contributed by atoms with Crippen molar-refractivity contribution in [2.75, 3.05) is 17.7 Å². The first kappa shape index (κ1) is 9.37. The number of nitrogens with zero attached hydrogens (tertiary/aromatic N) is 3. The van der Waals surface area contributed by atoms with E-state index in [1.807, 2.05) is 18.7 Å². The first-order chi connectivity index (χ1) is 6.61. The van der Waals surface area contributed by atoms with Crippen molar-refractivity contribution in [2.45, 2.75) is 32.2 Å². The van der Waals surface area contributed by atoms with E-state index in [1.165, 1.54) is 19.3 Å². The molecule has 0 atom stereocenters. The van der Waals surface area contributed by atoms with Crippen molar-refractivity contribution >= 4 is 11.5 Å². The fourth-order valence-corrected chi connectivity index (χ4v) is 2.03. The highest BCUT2D eigenvalue weighted by atomic mass is 15.4. The summed E-state index contributed by atoms with van der Waals surface area (Å²) in [6, 6.07) is 0.659. The number of rotatable bonds is 2. The van der Waals surface area contributed by atoms with Crippen molar-refractivity contribution in [3.63, 3.8) is 0 Å². The van der Waals surface area contributed by atoms with Gasteiger partial charge in [-0.3, -0.25) is 4.68 Å². The molecule has 4 heteroatoms. The highest BCUT2D eigenvalue weighted by Gasteiger charge is 2.26. The van der Waals surface area contributed by atoms with E-state index in [-0.39, 0.29) is 0 Å². The Hall–Kier alpha value is -1.19. The number of aromatic nitrogens is 2. The summed E-state index contributed by atoms with van der Waals surface area (Å²) in [6.07, 6.45) is 3.89. The van der Waals surface area contributed by atoms with Crippen molar-refractivity contribution in [3.05, 3.63) is 5.69 Å². The molecule has 0 unspecified atom stereocenters. The van der Waals surface area contributed by atoms with Gasteiger partial charge in [0, 0.05) is 20.1 Å². The number of nitrogens with two attached hydrogens (primary N) is 1. The second-order valence-electron chi connectivity index (χ2n) is 4.14. The van der Waals surface area contributed by atoms with E-state index in [0.717, 1.165) is 17.2 Å². The van der Waals surface area contributed by atoms with Crippen LogP contribution in [0.2, 0.25) is 0 Å². The van der Waals surface area contributed by atoms with Crippen LogP contribution < -0.4 is 10.6 Å². The predicted octanol–water partition coefficient (Wildman–Crippen LogP) is 1.30. The summed E-state index contributed by atoms with van der Waals surface area (Å²) in [7, 11) is 4.06. The molecule has 1 fully saturated rings. The van der Waals surface area contributed by atoms with E-state index in [4.69, 9.17) is 5.73 Å². The lowest BCUT2D eigenvalue weighted by molar-refractivity contribution is 0.396. The second-order valence-corrected chi connectivity index (χ2v) is 4.14. The van der Waals surface area contributed by atoms with E-state index in [2.05, 4.69) is 17.0 Å². The van der Waals surface area contributed by atoms with Crippen LogP contribution in [0.25, 0.3) is 0 Å². The molecular weight excluding hydrogens is 176 g/mol. The molecule has 0 saturated heterocycles. The number of hydrogen-bond acceptors (Lipinski definition) is 3. The molecule has 0 bridgehead atoms. The minimum Gasteiger partial charge on any atom is -0.394 e. The fourth-order valence-electron chi connectivity index (χ4n) is 2.03. The van der Waals surface area contributed by atoms with E-state index >= 15 is 0 Å². The quantitative estimate of drug-likeness (QED) is 0.772. The van der Waals surface area contributed by atoms with E-state index in [0.29, 0.717) is 6.04 Å². The zero-order valence-electron chi connectivity index (χ0n) is 9.12. The molecular formula is C10H18N4. The highest BCUT2D eigenvalue weighted by Crippen LogP contribution is 2.32. The van der Waals surface area contributed by atoms with Crippen molar-refractivity contribution in [1.82, 2.24) is 9.78 Å². The molecule has 0 aromatic carbocycles. The van der Waals surface area contributed by atoms with Crippen LogP contribution in [-0.4, -0.2) is 22.9 Å². The molecule has 1 saturated carbocycles. The van der Waals surface area contributed by atoms with Gasteiger partial charge in [0.1, 0.15) is 5.82 Å². The number of hydrogen-bond donors (Lipinski definition) is 1. The molecule has 1 aromatic heterocycles. The van der Waals surface area contributed by atoms with Gasteiger partial charge in [-0.1, -0.05) is 0 Å². The Morgan fingerprint density at radius 2 is 2.14 bits per heavy atom. The third kappa shape index (κ3) is 1.25. The predicted molar refractivity (Wildman–Crippen MR) is 58.4 cm³/mol. The molecule has 1 aliphatic carbocycles. The standard InChI is InChI=1S/C10H18N4/c1-7-9(11)10(14(3)12-7)13(2)8-5-4-6-8/h8H,4-6,11H2,1-3H3. The maximum atomic E-state index is 6.00. The molecule has 14 heavy (non-hydrogen) atoms. The van der Waals surface area contributed by atoms with Crippen LogP contribution in [0.1, 0.15) is 25.0 Å². The zero-order chi connectivity index (χ0) is 10.3. The van der Waals surface area contributed by atoms with Crippen molar-refractivity contribution in [1.29, 1.82) is 0 Å². The average molecular weight is 194 g/mol. The Labute approximate surface area is 84.7 Å². The van der Waals surface area contributed by atoms with Gasteiger partial charge in [-0.2, -0.15) is 5.10 Å². The van der Waals surface area contributed by atoms with Gasteiger partial charge in [0.15, 0.2) is 0 Å². The molecule has 4 nitrogen and oxygen atoms in total. The first-order valence-corrected chi connectivity index (χ1v) is 5.13. The van der Waals surface area contributed by atoms with Gasteiger partial charge in [0.2, 0.25) is 0 Å². The third-order valence-corrected chi connectivity index (χ3v) is 3.19. The van der Waals surface area contributed by atoms with Gasteiger partial charge in [-0.05, 0) is 26.2 Å². The smallest absolute Gasteiger partial charge is 0.150 e. The maximum absolute atomic E-state index is 6.00. The summed E-state index contributed by atoms with van der Waals surface area (Å²) < 4.78 is 1.88. The summed E-state index contributed by atoms with van der Waals surface area (Å²) in [5.74, 6) is 1.06. The molecule has 2 rings (SSSR count). The van der Waals surface area contributed by atoms with Gasteiger partial charge in [0.25, 0.3) is 0 Å². The third-order valence-electron chi connectivity index (χ3n) is 3.19. The Bertz CT molecular complexity index is 338. The molecule has 0 spiro atoms. The second kappa shape index (κ2) is 3.19. The van der Waals surface area contributed by atoms with Crippen LogP contribution in [0, 0.1) is 6.92 Å². The van der Waals surface area contributed by atoms with Gasteiger partial charge >= 0.3 is 0 Å².